The number of aromatic nitrogens is 2. The van der Waals surface area contributed by atoms with Crippen molar-refractivity contribution >= 4 is 17.9 Å². The first-order valence-corrected chi connectivity index (χ1v) is 12.0. The van der Waals surface area contributed by atoms with Crippen molar-refractivity contribution in [3.8, 4) is 11.3 Å². The van der Waals surface area contributed by atoms with E-state index in [1.807, 2.05) is 57.3 Å². The molecule has 3 heterocycles. The summed E-state index contributed by atoms with van der Waals surface area (Å²) in [6, 6.07) is 11.5. The molecule has 1 unspecified atom stereocenters. The monoisotopic (exact) mass is 528 g/mol. The molecule has 0 N–H and O–H groups in total. The summed E-state index contributed by atoms with van der Waals surface area (Å²) in [5, 5.41) is 4.55. The summed E-state index contributed by atoms with van der Waals surface area (Å²) >= 11 is 0. The van der Waals surface area contributed by atoms with Gasteiger partial charge in [0.25, 0.3) is 0 Å². The number of hydrogen-bond donors (Lipinski definition) is 0. The maximum absolute atomic E-state index is 14.7. The molecular formula is C27H27F3N4O4. The van der Waals surface area contributed by atoms with Crippen LogP contribution in [0.4, 0.5) is 23.7 Å². The number of ether oxygens (including phenoxy) is 1. The van der Waals surface area contributed by atoms with E-state index in [0.717, 1.165) is 11.8 Å². The number of benzene rings is 2. The van der Waals surface area contributed by atoms with Crippen LogP contribution in [0.5, 0.6) is 0 Å². The molecule has 5 rings (SSSR count). The molecule has 1 aromatic heterocycles. The molecule has 8 nitrogen and oxygen atoms in total. The average Bonchev–Trinajstić information content (AvgIpc) is 3.56. The van der Waals surface area contributed by atoms with Crippen molar-refractivity contribution in [2.24, 2.45) is 0 Å². The highest BCUT2D eigenvalue weighted by Crippen LogP contribution is 2.37. The molecule has 1 spiro atoms. The molecule has 0 bridgehead atoms. The zero-order valence-corrected chi connectivity index (χ0v) is 21.2. The summed E-state index contributed by atoms with van der Waals surface area (Å²) in [6.07, 6.45) is 2.35. The number of rotatable bonds is 4. The van der Waals surface area contributed by atoms with E-state index in [2.05, 4.69) is 10.00 Å². The summed E-state index contributed by atoms with van der Waals surface area (Å²) in [4.78, 5) is 32.6. The molecular weight excluding hydrogens is 501 g/mol. The van der Waals surface area contributed by atoms with E-state index < -0.39 is 28.6 Å². The van der Waals surface area contributed by atoms with Crippen LogP contribution in [0, 0.1) is 17.5 Å². The predicted molar refractivity (Wildman–Crippen MR) is 130 cm³/mol. The lowest BCUT2D eigenvalue weighted by molar-refractivity contribution is -0.191. The number of amides is 1. The molecule has 11 heteroatoms. The minimum absolute atomic E-state index is 0.0849. The van der Waals surface area contributed by atoms with E-state index in [-0.39, 0.29) is 23.5 Å². The first kappa shape index (κ1) is 27.1. The number of anilines is 1. The summed E-state index contributed by atoms with van der Waals surface area (Å²) in [5.41, 5.74) is 0.623. The van der Waals surface area contributed by atoms with Crippen LogP contribution in [0.25, 0.3) is 11.3 Å². The Kier molecular flexibility index (Phi) is 7.44. The summed E-state index contributed by atoms with van der Waals surface area (Å²) in [6.45, 7) is 7.87. The molecule has 2 fully saturated rings. The van der Waals surface area contributed by atoms with E-state index in [0.29, 0.717) is 38.2 Å². The van der Waals surface area contributed by atoms with Gasteiger partial charge in [-0.1, -0.05) is 18.2 Å². The summed E-state index contributed by atoms with van der Waals surface area (Å²) in [7, 11) is 0. The average molecular weight is 529 g/mol. The third kappa shape index (κ3) is 5.34. The number of para-hydroxylation sites is 1. The van der Waals surface area contributed by atoms with Crippen LogP contribution in [0.1, 0.15) is 32.8 Å². The van der Waals surface area contributed by atoms with Gasteiger partial charge in [-0.05, 0) is 45.0 Å². The number of likely N-dealkylation sites (tertiary alicyclic amines) is 1. The molecule has 0 aliphatic carbocycles. The van der Waals surface area contributed by atoms with E-state index >= 15 is 0 Å². The summed E-state index contributed by atoms with van der Waals surface area (Å²) < 4.78 is 49.8. The Bertz CT molecular complexity index is 1370. The number of carbonyl (C=O) groups excluding carboxylic acids is 3. The fourth-order valence-corrected chi connectivity index (χ4v) is 4.75. The molecule has 2 saturated heterocycles. The molecule has 38 heavy (non-hydrogen) atoms. The first-order valence-electron chi connectivity index (χ1n) is 12.0. The van der Waals surface area contributed by atoms with Crippen molar-refractivity contribution in [1.82, 2.24) is 14.7 Å². The van der Waals surface area contributed by atoms with E-state index in [9.17, 15) is 18.0 Å². The third-order valence-corrected chi connectivity index (χ3v) is 6.60. The molecule has 0 saturated carbocycles. The maximum Gasteiger partial charge on any atom is 0.415 e. The number of carbonyl (C=O) groups is 1. The van der Waals surface area contributed by atoms with E-state index in [1.54, 1.807) is 9.58 Å². The Balaban J connectivity index is 0.00000107. The highest BCUT2D eigenvalue weighted by molar-refractivity contribution is 5.90. The van der Waals surface area contributed by atoms with Gasteiger partial charge in [-0.3, -0.25) is 14.5 Å². The minimum atomic E-state index is -1.52. The van der Waals surface area contributed by atoms with Gasteiger partial charge in [0.1, 0.15) is 5.60 Å². The Labute approximate surface area is 217 Å². The second-order valence-electron chi connectivity index (χ2n) is 10.4. The fourth-order valence-electron chi connectivity index (χ4n) is 4.75. The van der Waals surface area contributed by atoms with Crippen LogP contribution in [0.3, 0.4) is 0 Å². The quantitative estimate of drug-likeness (QED) is 0.455. The van der Waals surface area contributed by atoms with Crippen molar-refractivity contribution in [1.29, 1.82) is 0 Å². The molecule has 3 aromatic rings. The van der Waals surface area contributed by atoms with Crippen molar-refractivity contribution in [3.63, 3.8) is 0 Å². The molecule has 0 radical (unpaired) electrons. The van der Waals surface area contributed by atoms with Gasteiger partial charge in [0.15, 0.2) is 17.5 Å². The van der Waals surface area contributed by atoms with Crippen molar-refractivity contribution < 1.29 is 32.3 Å². The number of hydrogen-bond acceptors (Lipinski definition) is 6. The van der Waals surface area contributed by atoms with Crippen LogP contribution in [-0.4, -0.2) is 52.2 Å². The zero-order chi connectivity index (χ0) is 27.7. The second kappa shape index (κ2) is 10.4. The van der Waals surface area contributed by atoms with Gasteiger partial charge in [0, 0.05) is 49.1 Å². The van der Waals surface area contributed by atoms with Gasteiger partial charge < -0.3 is 4.74 Å². The van der Waals surface area contributed by atoms with Gasteiger partial charge >= 0.3 is 12.2 Å². The number of halogens is 3. The Morgan fingerprint density at radius 3 is 2.37 bits per heavy atom. The van der Waals surface area contributed by atoms with Crippen molar-refractivity contribution in [3.05, 3.63) is 71.7 Å². The normalized spacial score (nSPS) is 19.3. The molecule has 2 aromatic carbocycles. The van der Waals surface area contributed by atoms with Gasteiger partial charge in [-0.15, -0.1) is 0 Å². The van der Waals surface area contributed by atoms with Crippen LogP contribution in [0.15, 0.2) is 48.7 Å². The predicted octanol–water partition coefficient (Wildman–Crippen LogP) is 4.74. The fraction of sp³-hybridized carbons (Fsp3) is 0.370. The largest absolute Gasteiger partial charge is 0.439 e. The highest BCUT2D eigenvalue weighted by Gasteiger charge is 2.50. The van der Waals surface area contributed by atoms with Gasteiger partial charge in [0.05, 0.1) is 17.8 Å². The smallest absolute Gasteiger partial charge is 0.415 e. The lowest BCUT2D eigenvalue weighted by Gasteiger charge is -2.22. The standard InChI is InChI=1S/C26H27F3N4O2.CO2/c1-25(2,3)33-14-17(23(30-33)19-9-10-20(27)22(29)21(19)28)13-31-12-11-26(15-31)16-32(24(34)35-26)18-7-5-4-6-8-18;2-1-3/h4-10,14H,11-13,15-16H2,1-3H3;. The molecule has 2 aliphatic rings. The van der Waals surface area contributed by atoms with Crippen LogP contribution >= 0.6 is 0 Å². The molecule has 2 aliphatic heterocycles. The third-order valence-electron chi connectivity index (χ3n) is 6.60. The molecule has 1 atom stereocenters. The Morgan fingerprint density at radius 2 is 1.71 bits per heavy atom. The molecule has 200 valence electrons. The van der Waals surface area contributed by atoms with Crippen LogP contribution < -0.4 is 4.90 Å². The topological polar surface area (TPSA) is 84.7 Å². The highest BCUT2D eigenvalue weighted by atomic mass is 19.2. The SMILES string of the molecule is CC(C)(C)n1cc(CN2CCC3(C2)CN(c2ccccc2)C(=O)O3)c(-c2ccc(F)c(F)c2F)n1.O=C=O. The minimum Gasteiger partial charge on any atom is -0.439 e. The van der Waals surface area contributed by atoms with Crippen molar-refractivity contribution in [2.75, 3.05) is 24.5 Å². The lowest BCUT2D eigenvalue weighted by Crippen LogP contribution is -2.37. The summed E-state index contributed by atoms with van der Waals surface area (Å²) in [5.74, 6) is -4.01. The Morgan fingerprint density at radius 1 is 1.03 bits per heavy atom. The maximum atomic E-state index is 14.7. The van der Waals surface area contributed by atoms with Crippen LogP contribution in [0.2, 0.25) is 0 Å². The van der Waals surface area contributed by atoms with Crippen molar-refractivity contribution in [2.45, 2.75) is 44.9 Å². The zero-order valence-electron chi connectivity index (χ0n) is 21.2. The van der Waals surface area contributed by atoms with Crippen LogP contribution in [-0.2, 0) is 26.4 Å². The van der Waals surface area contributed by atoms with E-state index in [4.69, 9.17) is 14.3 Å². The van der Waals surface area contributed by atoms with Gasteiger partial charge in [-0.2, -0.15) is 14.7 Å². The Hall–Kier alpha value is -3.95. The number of nitrogens with zero attached hydrogens (tertiary/aromatic N) is 4. The van der Waals surface area contributed by atoms with Gasteiger partial charge in [-0.25, -0.2) is 18.0 Å². The lowest BCUT2D eigenvalue weighted by atomic mass is 10.0. The molecule has 1 amide bonds. The van der Waals surface area contributed by atoms with E-state index in [1.165, 1.54) is 6.07 Å². The second-order valence-corrected chi connectivity index (χ2v) is 10.4. The first-order chi connectivity index (χ1) is 18.0. The van der Waals surface area contributed by atoms with Gasteiger partial charge in [0.2, 0.25) is 0 Å².